The lowest BCUT2D eigenvalue weighted by molar-refractivity contribution is -0.290. The average Bonchev–Trinajstić information content (AvgIpc) is 2.26. The molecule has 1 atom stereocenters. The van der Waals surface area contributed by atoms with Crippen molar-refractivity contribution in [1.82, 2.24) is 0 Å². The van der Waals surface area contributed by atoms with Gasteiger partial charge in [0.15, 0.2) is 0 Å². The van der Waals surface area contributed by atoms with E-state index in [9.17, 15) is 22.4 Å². The number of rotatable bonds is 2. The van der Waals surface area contributed by atoms with Crippen molar-refractivity contribution < 1.29 is 27.5 Å². The molecule has 0 heterocycles. The predicted molar refractivity (Wildman–Crippen MR) is 50.7 cm³/mol. The van der Waals surface area contributed by atoms with Crippen LogP contribution in [0.1, 0.15) is 28.3 Å². The van der Waals surface area contributed by atoms with E-state index in [2.05, 4.69) is 0 Å². The summed E-state index contributed by atoms with van der Waals surface area (Å²) in [5, 5.41) is 8.68. The predicted octanol–water partition coefficient (Wildman–Crippen LogP) is 3.14. The van der Waals surface area contributed by atoms with Gasteiger partial charge in [-0.25, -0.2) is 4.79 Å². The number of hydrogen-bond donors (Lipinski definition) is 1. The number of carboxylic acid groups (broad SMARTS) is 1. The van der Waals surface area contributed by atoms with Crippen molar-refractivity contribution in [3.8, 4) is 0 Å². The van der Waals surface area contributed by atoms with E-state index < -0.39 is 30.2 Å². The van der Waals surface area contributed by atoms with Crippen LogP contribution in [0.2, 0.25) is 0 Å². The summed E-state index contributed by atoms with van der Waals surface area (Å²) in [5.74, 6) is -11.0. The zero-order chi connectivity index (χ0) is 12.8. The van der Waals surface area contributed by atoms with Crippen molar-refractivity contribution in [1.29, 1.82) is 0 Å². The summed E-state index contributed by atoms with van der Waals surface area (Å²) in [4.78, 5) is 10.6. The van der Waals surface area contributed by atoms with Crippen molar-refractivity contribution in [3.63, 3.8) is 0 Å². The zero-order valence-electron chi connectivity index (χ0n) is 8.46. The molecule has 1 fully saturated rings. The Morgan fingerprint density at radius 2 is 1.94 bits per heavy atom. The highest BCUT2D eigenvalue weighted by molar-refractivity contribution is 5.87. The first-order chi connectivity index (χ1) is 7.75. The van der Waals surface area contributed by atoms with E-state index in [1.165, 1.54) is 18.2 Å². The van der Waals surface area contributed by atoms with E-state index in [0.717, 1.165) is 6.07 Å². The maximum Gasteiger partial charge on any atom is 0.335 e. The Kier molecular flexibility index (Phi) is 2.41. The number of benzene rings is 1. The van der Waals surface area contributed by atoms with Crippen LogP contribution < -0.4 is 0 Å². The van der Waals surface area contributed by atoms with Crippen molar-refractivity contribution in [2.24, 2.45) is 0 Å². The fourth-order valence-electron chi connectivity index (χ4n) is 1.86. The molecule has 0 amide bonds. The normalized spacial score (nSPS) is 25.1. The van der Waals surface area contributed by atoms with Crippen LogP contribution in [0.15, 0.2) is 24.3 Å². The Hall–Kier alpha value is -1.59. The lowest BCUT2D eigenvalue weighted by Gasteiger charge is -2.44. The molecule has 0 aliphatic heterocycles. The molecule has 0 aromatic heterocycles. The Morgan fingerprint density at radius 3 is 2.41 bits per heavy atom. The first-order valence-corrected chi connectivity index (χ1v) is 4.84. The molecule has 0 spiro atoms. The standard InChI is InChI=1S/C11H8F4O2/c12-10(13)5-8(11(10,14)15)6-2-1-3-7(4-6)9(16)17/h1-4,8H,5H2,(H,16,17). The number of halogens is 4. The van der Waals surface area contributed by atoms with Gasteiger partial charge in [0.1, 0.15) is 0 Å². The van der Waals surface area contributed by atoms with Crippen LogP contribution in [0.4, 0.5) is 17.6 Å². The highest BCUT2D eigenvalue weighted by atomic mass is 19.3. The summed E-state index contributed by atoms with van der Waals surface area (Å²) in [7, 11) is 0. The van der Waals surface area contributed by atoms with Crippen LogP contribution in [0.5, 0.6) is 0 Å². The van der Waals surface area contributed by atoms with E-state index in [0.29, 0.717) is 0 Å². The summed E-state index contributed by atoms with van der Waals surface area (Å²) in [6.07, 6.45) is -0.955. The fraction of sp³-hybridized carbons (Fsp3) is 0.364. The highest BCUT2D eigenvalue weighted by Crippen LogP contribution is 2.59. The summed E-state index contributed by atoms with van der Waals surface area (Å²) >= 11 is 0. The molecule has 1 aromatic rings. The molecule has 17 heavy (non-hydrogen) atoms. The largest absolute Gasteiger partial charge is 0.478 e. The summed E-state index contributed by atoms with van der Waals surface area (Å²) in [5.41, 5.74) is -0.255. The lowest BCUT2D eigenvalue weighted by atomic mass is 9.72. The van der Waals surface area contributed by atoms with Crippen molar-refractivity contribution in [2.75, 3.05) is 0 Å². The maximum atomic E-state index is 13.1. The highest BCUT2D eigenvalue weighted by Gasteiger charge is 2.71. The third kappa shape index (κ3) is 1.67. The lowest BCUT2D eigenvalue weighted by Crippen LogP contribution is -2.57. The first kappa shape index (κ1) is 11.9. The number of hydrogen-bond acceptors (Lipinski definition) is 1. The van der Waals surface area contributed by atoms with Gasteiger partial charge in [-0.15, -0.1) is 0 Å². The minimum absolute atomic E-state index is 0.0687. The zero-order valence-corrected chi connectivity index (χ0v) is 8.46. The quantitative estimate of drug-likeness (QED) is 0.816. The third-order valence-corrected chi connectivity index (χ3v) is 2.92. The smallest absolute Gasteiger partial charge is 0.335 e. The Balaban J connectivity index is 2.32. The SMILES string of the molecule is O=C(O)c1cccc(C2CC(F)(F)C2(F)F)c1. The number of aromatic carboxylic acids is 1. The number of carbonyl (C=O) groups is 1. The summed E-state index contributed by atoms with van der Waals surface area (Å²) in [6.45, 7) is 0. The molecule has 2 rings (SSSR count). The number of alkyl halides is 4. The molecule has 92 valence electrons. The molecular weight excluding hydrogens is 240 g/mol. The van der Waals surface area contributed by atoms with Gasteiger partial charge in [-0.1, -0.05) is 12.1 Å². The molecule has 0 saturated heterocycles. The Labute approximate surface area is 93.9 Å². The van der Waals surface area contributed by atoms with Crippen LogP contribution >= 0.6 is 0 Å². The van der Waals surface area contributed by atoms with Gasteiger partial charge in [0.2, 0.25) is 0 Å². The third-order valence-electron chi connectivity index (χ3n) is 2.92. The minimum atomic E-state index is -4.11. The van der Waals surface area contributed by atoms with Crippen LogP contribution in [-0.4, -0.2) is 22.9 Å². The Morgan fingerprint density at radius 1 is 1.29 bits per heavy atom. The first-order valence-electron chi connectivity index (χ1n) is 4.84. The van der Waals surface area contributed by atoms with Crippen molar-refractivity contribution in [3.05, 3.63) is 35.4 Å². The molecule has 1 aliphatic rings. The second kappa shape index (κ2) is 3.45. The summed E-state index contributed by atoms with van der Waals surface area (Å²) in [6, 6.07) is 4.74. The van der Waals surface area contributed by atoms with E-state index in [4.69, 9.17) is 5.11 Å². The molecule has 1 unspecified atom stereocenters. The van der Waals surface area contributed by atoms with Crippen LogP contribution in [0.25, 0.3) is 0 Å². The molecule has 1 N–H and O–H groups in total. The topological polar surface area (TPSA) is 37.3 Å². The van der Waals surface area contributed by atoms with Gasteiger partial charge in [-0.2, -0.15) is 17.6 Å². The minimum Gasteiger partial charge on any atom is -0.478 e. The second-order valence-electron chi connectivity index (χ2n) is 4.01. The van der Waals surface area contributed by atoms with Gasteiger partial charge in [0.25, 0.3) is 0 Å². The maximum absolute atomic E-state index is 13.1. The van der Waals surface area contributed by atoms with Crippen LogP contribution in [0.3, 0.4) is 0 Å². The molecule has 1 aromatic carbocycles. The van der Waals surface area contributed by atoms with Crippen LogP contribution in [0, 0.1) is 0 Å². The van der Waals surface area contributed by atoms with Gasteiger partial charge in [-0.05, 0) is 17.7 Å². The van der Waals surface area contributed by atoms with Gasteiger partial charge in [-0.3, -0.25) is 0 Å². The molecular formula is C11H8F4O2. The van der Waals surface area contributed by atoms with E-state index in [1.54, 1.807) is 0 Å². The van der Waals surface area contributed by atoms with Gasteiger partial charge in [0, 0.05) is 6.42 Å². The molecule has 6 heteroatoms. The molecule has 1 saturated carbocycles. The van der Waals surface area contributed by atoms with E-state index in [1.807, 2.05) is 0 Å². The average molecular weight is 248 g/mol. The molecule has 2 nitrogen and oxygen atoms in total. The van der Waals surface area contributed by atoms with Crippen LogP contribution in [-0.2, 0) is 0 Å². The second-order valence-corrected chi connectivity index (χ2v) is 4.01. The van der Waals surface area contributed by atoms with Crippen molar-refractivity contribution >= 4 is 5.97 Å². The molecule has 1 aliphatic carbocycles. The van der Waals surface area contributed by atoms with Gasteiger partial charge in [0.05, 0.1) is 11.5 Å². The van der Waals surface area contributed by atoms with E-state index in [-0.39, 0.29) is 11.1 Å². The number of carboxylic acids is 1. The van der Waals surface area contributed by atoms with Gasteiger partial charge >= 0.3 is 17.8 Å². The molecule has 0 radical (unpaired) electrons. The Bertz CT molecular complexity index is 470. The summed E-state index contributed by atoms with van der Waals surface area (Å²) < 4.78 is 51.5. The fourth-order valence-corrected chi connectivity index (χ4v) is 1.86. The van der Waals surface area contributed by atoms with Crippen molar-refractivity contribution in [2.45, 2.75) is 24.2 Å². The molecule has 0 bridgehead atoms. The monoisotopic (exact) mass is 248 g/mol. The van der Waals surface area contributed by atoms with E-state index >= 15 is 0 Å². The van der Waals surface area contributed by atoms with Gasteiger partial charge < -0.3 is 5.11 Å².